The number of methoxy groups -OCH3 is 3. The van der Waals surface area contributed by atoms with Gasteiger partial charge in [-0.1, -0.05) is 12.1 Å². The summed E-state index contributed by atoms with van der Waals surface area (Å²) in [5.41, 5.74) is 0.633. The molecule has 1 fully saturated rings. The minimum absolute atomic E-state index is 0.0555. The highest BCUT2D eigenvalue weighted by molar-refractivity contribution is 5.95. The van der Waals surface area contributed by atoms with Crippen LogP contribution in [0.5, 0.6) is 5.75 Å². The Balaban J connectivity index is 2.34. The average Bonchev–Trinajstić information content (AvgIpc) is 2.67. The molecule has 144 valence electrons. The van der Waals surface area contributed by atoms with Crippen LogP contribution in [0.3, 0.4) is 0 Å². The molecule has 1 aromatic rings. The SMILES string of the molecule is COC(=O)C(C(=O)OC)[C@H](OC1CCC[C@H](C)O1)c1ccc(OC)cc1. The summed E-state index contributed by atoms with van der Waals surface area (Å²) in [5, 5.41) is 0. The van der Waals surface area contributed by atoms with Crippen LogP contribution >= 0.6 is 0 Å². The summed E-state index contributed by atoms with van der Waals surface area (Å²) in [5.74, 6) is -2.04. The van der Waals surface area contributed by atoms with E-state index >= 15 is 0 Å². The van der Waals surface area contributed by atoms with Gasteiger partial charge >= 0.3 is 11.9 Å². The summed E-state index contributed by atoms with van der Waals surface area (Å²) in [6.07, 6.45) is 1.23. The van der Waals surface area contributed by atoms with Crippen molar-refractivity contribution in [1.82, 2.24) is 0 Å². The lowest BCUT2D eigenvalue weighted by Crippen LogP contribution is -2.37. The maximum Gasteiger partial charge on any atom is 0.323 e. The Bertz CT molecular complexity index is 582. The third-order valence-corrected chi connectivity index (χ3v) is 4.39. The van der Waals surface area contributed by atoms with Crippen LogP contribution in [0.25, 0.3) is 0 Å². The van der Waals surface area contributed by atoms with Gasteiger partial charge in [0.2, 0.25) is 0 Å². The zero-order chi connectivity index (χ0) is 19.1. The molecule has 0 aromatic heterocycles. The molecule has 1 unspecified atom stereocenters. The van der Waals surface area contributed by atoms with Gasteiger partial charge in [-0.05, 0) is 43.9 Å². The molecule has 2 rings (SSSR count). The van der Waals surface area contributed by atoms with Gasteiger partial charge in [0, 0.05) is 0 Å². The third kappa shape index (κ3) is 4.95. The molecule has 7 nitrogen and oxygen atoms in total. The first kappa shape index (κ1) is 20.2. The van der Waals surface area contributed by atoms with Gasteiger partial charge in [0.15, 0.2) is 12.2 Å². The minimum atomic E-state index is -1.25. The summed E-state index contributed by atoms with van der Waals surface area (Å²) in [4.78, 5) is 24.6. The first-order valence-electron chi connectivity index (χ1n) is 8.60. The van der Waals surface area contributed by atoms with Gasteiger partial charge in [-0.2, -0.15) is 0 Å². The highest BCUT2D eigenvalue weighted by Crippen LogP contribution is 2.33. The van der Waals surface area contributed by atoms with E-state index < -0.39 is 30.3 Å². The van der Waals surface area contributed by atoms with Crippen LogP contribution in [0.4, 0.5) is 0 Å². The predicted molar refractivity (Wildman–Crippen MR) is 92.5 cm³/mol. The van der Waals surface area contributed by atoms with Crippen molar-refractivity contribution in [2.24, 2.45) is 5.92 Å². The lowest BCUT2D eigenvalue weighted by atomic mass is 9.95. The topological polar surface area (TPSA) is 80.3 Å². The van der Waals surface area contributed by atoms with Crippen LogP contribution in [0, 0.1) is 5.92 Å². The Hall–Kier alpha value is -2.12. The maximum atomic E-state index is 12.3. The molecule has 0 aliphatic carbocycles. The maximum absolute atomic E-state index is 12.3. The van der Waals surface area contributed by atoms with Crippen molar-refractivity contribution in [2.75, 3.05) is 21.3 Å². The number of carbonyl (C=O) groups excluding carboxylic acids is 2. The molecule has 0 saturated carbocycles. The summed E-state index contributed by atoms with van der Waals surface area (Å²) >= 11 is 0. The van der Waals surface area contributed by atoms with Crippen molar-refractivity contribution in [3.05, 3.63) is 29.8 Å². The molecule has 0 N–H and O–H groups in total. The summed E-state index contributed by atoms with van der Waals surface area (Å²) in [6, 6.07) is 6.96. The molecular weight excluding hydrogens is 340 g/mol. The van der Waals surface area contributed by atoms with E-state index in [1.807, 2.05) is 6.92 Å². The molecule has 1 aromatic carbocycles. The molecule has 0 spiro atoms. The van der Waals surface area contributed by atoms with E-state index in [4.69, 9.17) is 23.7 Å². The van der Waals surface area contributed by atoms with Gasteiger partial charge in [0.25, 0.3) is 0 Å². The highest BCUT2D eigenvalue weighted by Gasteiger charge is 2.41. The standard InChI is InChI=1S/C19H26O7/c1-12-6-5-7-15(25-12)26-17(13-8-10-14(22-2)11-9-13)16(18(20)23-3)19(21)24-4/h8-12,15-17H,5-7H2,1-4H3/t12-,15?,17+/m0/s1. The Labute approximate surface area is 153 Å². The van der Waals surface area contributed by atoms with Crippen LogP contribution in [-0.4, -0.2) is 45.7 Å². The molecule has 0 amide bonds. The van der Waals surface area contributed by atoms with E-state index in [-0.39, 0.29) is 6.10 Å². The average molecular weight is 366 g/mol. The number of hydrogen-bond donors (Lipinski definition) is 0. The van der Waals surface area contributed by atoms with E-state index in [0.29, 0.717) is 17.7 Å². The van der Waals surface area contributed by atoms with Gasteiger partial charge in [-0.25, -0.2) is 0 Å². The van der Waals surface area contributed by atoms with E-state index in [1.165, 1.54) is 14.2 Å². The molecule has 26 heavy (non-hydrogen) atoms. The van der Waals surface area contributed by atoms with Crippen LogP contribution in [0.15, 0.2) is 24.3 Å². The smallest absolute Gasteiger partial charge is 0.323 e. The fourth-order valence-electron chi connectivity index (χ4n) is 2.97. The lowest BCUT2D eigenvalue weighted by molar-refractivity contribution is -0.225. The van der Waals surface area contributed by atoms with Gasteiger partial charge < -0.3 is 23.7 Å². The van der Waals surface area contributed by atoms with Crippen molar-refractivity contribution in [1.29, 1.82) is 0 Å². The second kappa shape index (κ2) is 9.54. The van der Waals surface area contributed by atoms with Crippen molar-refractivity contribution in [3.8, 4) is 5.75 Å². The van der Waals surface area contributed by atoms with Crippen molar-refractivity contribution in [3.63, 3.8) is 0 Å². The normalized spacial score (nSPS) is 21.1. The summed E-state index contributed by atoms with van der Waals surface area (Å²) in [7, 11) is 4.01. The first-order valence-corrected chi connectivity index (χ1v) is 8.60. The summed E-state index contributed by atoms with van der Waals surface area (Å²) in [6.45, 7) is 1.97. The predicted octanol–water partition coefficient (Wildman–Crippen LogP) is 2.63. The van der Waals surface area contributed by atoms with Crippen LogP contribution < -0.4 is 4.74 Å². The zero-order valence-corrected chi connectivity index (χ0v) is 15.6. The number of rotatable bonds is 7. The lowest BCUT2D eigenvalue weighted by Gasteiger charge is -2.33. The Morgan fingerprint density at radius 1 is 1.04 bits per heavy atom. The number of benzene rings is 1. The molecule has 1 aliphatic heterocycles. The molecule has 1 aliphatic rings. The molecule has 0 radical (unpaired) electrons. The molecule has 3 atom stereocenters. The third-order valence-electron chi connectivity index (χ3n) is 4.39. The number of carbonyl (C=O) groups is 2. The number of esters is 2. The van der Waals surface area contributed by atoms with Gasteiger partial charge in [0.1, 0.15) is 11.9 Å². The number of hydrogen-bond acceptors (Lipinski definition) is 7. The van der Waals surface area contributed by atoms with E-state index in [2.05, 4.69) is 0 Å². The Morgan fingerprint density at radius 3 is 2.15 bits per heavy atom. The van der Waals surface area contributed by atoms with E-state index in [1.54, 1.807) is 31.4 Å². The molecular formula is C19H26O7. The summed E-state index contributed by atoms with van der Waals surface area (Å²) < 4.78 is 26.7. The second-order valence-corrected chi connectivity index (χ2v) is 6.16. The fourth-order valence-corrected chi connectivity index (χ4v) is 2.97. The van der Waals surface area contributed by atoms with Crippen molar-refractivity contribution >= 4 is 11.9 Å². The van der Waals surface area contributed by atoms with Crippen LogP contribution in [0.2, 0.25) is 0 Å². The molecule has 1 saturated heterocycles. The van der Waals surface area contributed by atoms with E-state index in [9.17, 15) is 9.59 Å². The minimum Gasteiger partial charge on any atom is -0.497 e. The van der Waals surface area contributed by atoms with Gasteiger partial charge in [-0.15, -0.1) is 0 Å². The molecule has 7 heteroatoms. The fraction of sp³-hybridized carbons (Fsp3) is 0.579. The Kier molecular flexibility index (Phi) is 7.41. The quantitative estimate of drug-likeness (QED) is 0.542. The van der Waals surface area contributed by atoms with Crippen molar-refractivity contribution in [2.45, 2.75) is 44.7 Å². The van der Waals surface area contributed by atoms with Gasteiger partial charge in [0.05, 0.1) is 27.4 Å². The highest BCUT2D eigenvalue weighted by atomic mass is 16.7. The zero-order valence-electron chi connectivity index (χ0n) is 15.6. The monoisotopic (exact) mass is 366 g/mol. The first-order chi connectivity index (χ1) is 12.5. The number of ether oxygens (including phenoxy) is 5. The molecule has 1 heterocycles. The van der Waals surface area contributed by atoms with E-state index in [0.717, 1.165) is 12.8 Å². The van der Waals surface area contributed by atoms with Gasteiger partial charge in [-0.3, -0.25) is 9.59 Å². The second-order valence-electron chi connectivity index (χ2n) is 6.16. The largest absolute Gasteiger partial charge is 0.497 e. The Morgan fingerprint density at radius 2 is 1.65 bits per heavy atom. The van der Waals surface area contributed by atoms with Crippen LogP contribution in [-0.2, 0) is 28.5 Å². The van der Waals surface area contributed by atoms with Crippen LogP contribution in [0.1, 0.15) is 37.9 Å². The molecule has 0 bridgehead atoms. The van der Waals surface area contributed by atoms with Crippen molar-refractivity contribution < 1.29 is 33.3 Å².